The van der Waals surface area contributed by atoms with E-state index in [1.807, 2.05) is 12.1 Å². The molecule has 0 radical (unpaired) electrons. The van der Waals surface area contributed by atoms with Crippen LogP contribution in [0, 0.1) is 3.57 Å². The van der Waals surface area contributed by atoms with Gasteiger partial charge in [-0.3, -0.25) is 0 Å². The van der Waals surface area contributed by atoms with Crippen LogP contribution in [0.15, 0.2) is 48.5 Å². The number of benzene rings is 2. The average Bonchev–Trinajstić information content (AvgIpc) is 2.41. The van der Waals surface area contributed by atoms with Crippen LogP contribution in [0.2, 0.25) is 0 Å². The van der Waals surface area contributed by atoms with E-state index in [1.54, 1.807) is 43.5 Å². The fraction of sp³-hybridized carbons (Fsp3) is 0.0714. The molecule has 0 aromatic heterocycles. The smallest absolute Gasteiger partial charge is 0.343 e. The van der Waals surface area contributed by atoms with Crippen molar-refractivity contribution in [3.05, 3.63) is 57.7 Å². The largest absolute Gasteiger partial charge is 0.497 e. The van der Waals surface area contributed by atoms with Crippen LogP contribution >= 0.6 is 22.6 Å². The molecule has 4 heteroatoms. The summed E-state index contributed by atoms with van der Waals surface area (Å²) in [4.78, 5) is 11.8. The normalized spacial score (nSPS) is 9.89. The lowest BCUT2D eigenvalue weighted by atomic mass is 10.2. The second-order valence-corrected chi connectivity index (χ2v) is 4.82. The Bertz CT molecular complexity index is 532. The first kappa shape index (κ1) is 12.9. The van der Waals surface area contributed by atoms with Crippen LogP contribution in [0.5, 0.6) is 11.5 Å². The van der Waals surface area contributed by atoms with Crippen molar-refractivity contribution in [2.75, 3.05) is 7.11 Å². The van der Waals surface area contributed by atoms with Gasteiger partial charge < -0.3 is 9.47 Å². The van der Waals surface area contributed by atoms with E-state index in [-0.39, 0.29) is 5.97 Å². The number of carbonyl (C=O) groups is 1. The van der Waals surface area contributed by atoms with Crippen molar-refractivity contribution >= 4 is 28.6 Å². The third kappa shape index (κ3) is 3.22. The van der Waals surface area contributed by atoms with Gasteiger partial charge in [-0.2, -0.15) is 0 Å². The fourth-order valence-corrected chi connectivity index (χ4v) is 1.76. The van der Waals surface area contributed by atoms with Gasteiger partial charge in [0.05, 0.1) is 12.7 Å². The van der Waals surface area contributed by atoms with Crippen LogP contribution in [0.4, 0.5) is 0 Å². The molecular weight excluding hydrogens is 343 g/mol. The van der Waals surface area contributed by atoms with Gasteiger partial charge >= 0.3 is 5.97 Å². The van der Waals surface area contributed by atoms with Gasteiger partial charge in [0, 0.05) is 3.57 Å². The molecule has 0 N–H and O–H groups in total. The second-order valence-electron chi connectivity index (χ2n) is 3.57. The molecule has 0 atom stereocenters. The molecule has 0 heterocycles. The summed E-state index contributed by atoms with van der Waals surface area (Å²) in [5.41, 5.74) is 0.495. The monoisotopic (exact) mass is 354 g/mol. The molecule has 2 aromatic carbocycles. The summed E-state index contributed by atoms with van der Waals surface area (Å²) in [6.45, 7) is 0. The molecule has 2 rings (SSSR count). The summed E-state index contributed by atoms with van der Waals surface area (Å²) >= 11 is 2.20. The van der Waals surface area contributed by atoms with Crippen LogP contribution in [0.25, 0.3) is 0 Å². The van der Waals surface area contributed by atoms with Crippen molar-refractivity contribution in [2.24, 2.45) is 0 Å². The molecular formula is C14H11IO3. The number of hydrogen-bond acceptors (Lipinski definition) is 3. The van der Waals surface area contributed by atoms with Crippen molar-refractivity contribution in [3.63, 3.8) is 0 Å². The molecule has 0 amide bonds. The lowest BCUT2D eigenvalue weighted by Gasteiger charge is -2.05. The minimum Gasteiger partial charge on any atom is -0.497 e. The Hall–Kier alpha value is -1.56. The zero-order chi connectivity index (χ0) is 13.0. The third-order valence-corrected chi connectivity index (χ3v) is 3.07. The number of ether oxygens (including phenoxy) is 2. The summed E-state index contributed by atoms with van der Waals surface area (Å²) in [7, 11) is 1.58. The van der Waals surface area contributed by atoms with E-state index in [0.29, 0.717) is 17.1 Å². The SMILES string of the molecule is COc1ccc(C(=O)Oc2ccc(I)cc2)cc1. The maximum atomic E-state index is 11.8. The molecule has 2 aromatic rings. The maximum Gasteiger partial charge on any atom is 0.343 e. The summed E-state index contributed by atoms with van der Waals surface area (Å²) in [6.07, 6.45) is 0. The van der Waals surface area contributed by atoms with Crippen molar-refractivity contribution in [1.29, 1.82) is 0 Å². The highest BCUT2D eigenvalue weighted by molar-refractivity contribution is 14.1. The summed E-state index contributed by atoms with van der Waals surface area (Å²) in [6, 6.07) is 14.1. The van der Waals surface area contributed by atoms with Gasteiger partial charge in [-0.15, -0.1) is 0 Å². The average molecular weight is 354 g/mol. The maximum absolute atomic E-state index is 11.8. The molecule has 0 spiro atoms. The minimum atomic E-state index is -0.376. The first-order chi connectivity index (χ1) is 8.69. The van der Waals surface area contributed by atoms with Gasteiger partial charge in [0.25, 0.3) is 0 Å². The molecule has 0 saturated carbocycles. The van der Waals surface area contributed by atoms with Crippen molar-refractivity contribution in [1.82, 2.24) is 0 Å². The number of esters is 1. The van der Waals surface area contributed by atoms with Gasteiger partial charge in [-0.1, -0.05) is 0 Å². The first-order valence-corrected chi connectivity index (χ1v) is 6.39. The molecule has 3 nitrogen and oxygen atoms in total. The zero-order valence-corrected chi connectivity index (χ0v) is 11.9. The van der Waals surface area contributed by atoms with E-state index in [1.165, 1.54) is 0 Å². The molecule has 0 saturated heterocycles. The lowest BCUT2D eigenvalue weighted by molar-refractivity contribution is 0.0734. The fourth-order valence-electron chi connectivity index (χ4n) is 1.40. The Kier molecular flexibility index (Phi) is 4.19. The highest BCUT2D eigenvalue weighted by atomic mass is 127. The van der Waals surface area contributed by atoms with Crippen molar-refractivity contribution in [2.45, 2.75) is 0 Å². The zero-order valence-electron chi connectivity index (χ0n) is 9.72. The number of rotatable bonds is 3. The molecule has 92 valence electrons. The van der Waals surface area contributed by atoms with E-state index in [9.17, 15) is 4.79 Å². The van der Waals surface area contributed by atoms with Crippen molar-refractivity contribution < 1.29 is 14.3 Å². The Labute approximate surface area is 119 Å². The van der Waals surface area contributed by atoms with E-state index in [4.69, 9.17) is 9.47 Å². The number of hydrogen-bond donors (Lipinski definition) is 0. The second kappa shape index (κ2) is 5.86. The van der Waals surface area contributed by atoms with E-state index < -0.39 is 0 Å². The Morgan fingerprint density at radius 2 is 1.50 bits per heavy atom. The van der Waals surface area contributed by atoms with E-state index in [2.05, 4.69) is 22.6 Å². The summed E-state index contributed by atoms with van der Waals surface area (Å²) < 4.78 is 11.4. The highest BCUT2D eigenvalue weighted by Gasteiger charge is 2.08. The highest BCUT2D eigenvalue weighted by Crippen LogP contribution is 2.16. The van der Waals surface area contributed by atoms with Crippen LogP contribution in [-0.4, -0.2) is 13.1 Å². The Morgan fingerprint density at radius 1 is 0.944 bits per heavy atom. The molecule has 0 aliphatic carbocycles. The van der Waals surface area contributed by atoms with Crippen LogP contribution in [0.1, 0.15) is 10.4 Å². The van der Waals surface area contributed by atoms with Gasteiger partial charge in [-0.25, -0.2) is 4.79 Å². The van der Waals surface area contributed by atoms with Gasteiger partial charge in [-0.05, 0) is 71.1 Å². The third-order valence-electron chi connectivity index (χ3n) is 2.35. The predicted molar refractivity (Wildman–Crippen MR) is 77.1 cm³/mol. The standard InChI is InChI=1S/C14H11IO3/c1-17-12-6-2-10(3-7-12)14(16)18-13-8-4-11(15)5-9-13/h2-9H,1H3. The minimum absolute atomic E-state index is 0.376. The molecule has 0 bridgehead atoms. The van der Waals surface area contributed by atoms with Crippen molar-refractivity contribution in [3.8, 4) is 11.5 Å². The van der Waals surface area contributed by atoms with Gasteiger partial charge in [0.15, 0.2) is 0 Å². The number of carbonyl (C=O) groups excluding carboxylic acids is 1. The number of methoxy groups -OCH3 is 1. The molecule has 0 unspecified atom stereocenters. The molecule has 0 aliphatic rings. The molecule has 0 fully saturated rings. The quantitative estimate of drug-likeness (QED) is 0.481. The van der Waals surface area contributed by atoms with E-state index in [0.717, 1.165) is 3.57 Å². The van der Waals surface area contributed by atoms with Crippen LogP contribution in [-0.2, 0) is 0 Å². The summed E-state index contributed by atoms with van der Waals surface area (Å²) in [5.74, 6) is 0.871. The van der Waals surface area contributed by atoms with Gasteiger partial charge in [0.2, 0.25) is 0 Å². The number of halogens is 1. The molecule has 18 heavy (non-hydrogen) atoms. The Morgan fingerprint density at radius 3 is 2.06 bits per heavy atom. The first-order valence-electron chi connectivity index (χ1n) is 5.31. The van der Waals surface area contributed by atoms with Crippen LogP contribution in [0.3, 0.4) is 0 Å². The molecule has 0 aliphatic heterocycles. The topological polar surface area (TPSA) is 35.5 Å². The van der Waals surface area contributed by atoms with Crippen LogP contribution < -0.4 is 9.47 Å². The predicted octanol–water partition coefficient (Wildman–Crippen LogP) is 3.52. The Balaban J connectivity index is 2.09. The summed E-state index contributed by atoms with van der Waals surface area (Å²) in [5, 5.41) is 0. The lowest BCUT2D eigenvalue weighted by Crippen LogP contribution is -2.08. The van der Waals surface area contributed by atoms with E-state index >= 15 is 0 Å². The van der Waals surface area contributed by atoms with Gasteiger partial charge in [0.1, 0.15) is 11.5 Å².